The molecule has 0 spiro atoms. The molecule has 0 unspecified atom stereocenters. The molecule has 0 radical (unpaired) electrons. The third-order valence-electron chi connectivity index (χ3n) is 5.93. The number of hydrogen-bond donors (Lipinski definition) is 1. The molecule has 0 amide bonds. The first-order valence-corrected chi connectivity index (χ1v) is 13.5. The fourth-order valence-electron chi connectivity index (χ4n) is 4.10. The number of carbonyl (C=O) groups is 1. The van der Waals surface area contributed by atoms with Gasteiger partial charge >= 0.3 is 5.97 Å². The first-order chi connectivity index (χ1) is 15.0. The van der Waals surface area contributed by atoms with Crippen LogP contribution in [0.4, 0.5) is 0 Å². The Labute approximate surface area is 195 Å². The molecule has 0 aliphatic heterocycles. The maximum Gasteiger partial charge on any atom is 0.306 e. The molecule has 0 saturated heterocycles. The second-order valence-corrected chi connectivity index (χ2v) is 10.2. The average Bonchev–Trinajstić information content (AvgIpc) is 2.76. The molecule has 0 bridgehead atoms. The van der Waals surface area contributed by atoms with Crippen molar-refractivity contribution >= 4 is 17.7 Å². The number of rotatable bonds is 19. The first-order valence-electron chi connectivity index (χ1n) is 12.5. The largest absolute Gasteiger partial charge is 0.469 e. The van der Waals surface area contributed by atoms with E-state index in [1.165, 1.54) is 94.2 Å². The monoisotopic (exact) mass is 450 g/mol. The van der Waals surface area contributed by atoms with Crippen LogP contribution in [0.5, 0.6) is 0 Å². The van der Waals surface area contributed by atoms with Gasteiger partial charge in [-0.1, -0.05) is 102 Å². The van der Waals surface area contributed by atoms with Crippen molar-refractivity contribution in [1.29, 1.82) is 0 Å². The summed E-state index contributed by atoms with van der Waals surface area (Å²) in [6.45, 7) is 4.37. The van der Waals surface area contributed by atoms with E-state index in [4.69, 9.17) is 4.74 Å². The lowest BCUT2D eigenvalue weighted by molar-refractivity contribution is -0.140. The van der Waals surface area contributed by atoms with E-state index >= 15 is 0 Å². The lowest BCUT2D eigenvalue weighted by Gasteiger charge is -2.28. The van der Waals surface area contributed by atoms with Gasteiger partial charge in [0.2, 0.25) is 0 Å². The summed E-state index contributed by atoms with van der Waals surface area (Å²) >= 11 is 1.49. The minimum atomic E-state index is -0.823. The van der Waals surface area contributed by atoms with Crippen LogP contribution in [0, 0.1) is 0 Å². The molecule has 1 atom stereocenters. The van der Waals surface area contributed by atoms with Crippen molar-refractivity contribution in [2.45, 2.75) is 115 Å². The van der Waals surface area contributed by atoms with Gasteiger partial charge in [0.05, 0.1) is 13.5 Å². The van der Waals surface area contributed by atoms with E-state index in [2.05, 4.69) is 38.1 Å². The van der Waals surface area contributed by atoms with Crippen molar-refractivity contribution < 1.29 is 14.6 Å². The standard InChI is InChI=1S/C27H46O3S/c1-4-6-7-8-9-10-11-12-13-14-17-24-18-15-16-19-25(24)23-27(29,21-5-2)31-22-20-26(28)30-3/h15-16,18-19,29H,4-14,17,20-23H2,1-3H3/t27-/m1/s1. The zero-order chi connectivity index (χ0) is 22.8. The third kappa shape index (κ3) is 13.2. The number of thioether (sulfide) groups is 1. The Morgan fingerprint density at radius 3 is 2.06 bits per heavy atom. The predicted octanol–water partition coefficient (Wildman–Crippen LogP) is 7.48. The number of methoxy groups -OCH3 is 1. The summed E-state index contributed by atoms with van der Waals surface area (Å²) in [7, 11) is 1.41. The molecule has 0 aliphatic carbocycles. The second kappa shape index (κ2) is 17.5. The van der Waals surface area contributed by atoms with E-state index in [9.17, 15) is 9.90 Å². The quantitative estimate of drug-likeness (QED) is 0.135. The van der Waals surface area contributed by atoms with Gasteiger partial charge in [0.15, 0.2) is 0 Å². The van der Waals surface area contributed by atoms with E-state index < -0.39 is 4.93 Å². The normalized spacial score (nSPS) is 13.2. The van der Waals surface area contributed by atoms with E-state index in [1.54, 1.807) is 0 Å². The number of ether oxygens (including phenoxy) is 1. The van der Waals surface area contributed by atoms with Crippen molar-refractivity contribution in [1.82, 2.24) is 0 Å². The van der Waals surface area contributed by atoms with Crippen molar-refractivity contribution in [2.75, 3.05) is 12.9 Å². The van der Waals surface area contributed by atoms with Crippen molar-refractivity contribution in [3.63, 3.8) is 0 Å². The minimum absolute atomic E-state index is 0.215. The number of benzene rings is 1. The molecule has 1 aromatic carbocycles. The number of aryl methyl sites for hydroxylation is 1. The van der Waals surface area contributed by atoms with Gasteiger partial charge < -0.3 is 9.84 Å². The molecule has 0 saturated carbocycles. The van der Waals surface area contributed by atoms with E-state index in [1.807, 2.05) is 0 Å². The van der Waals surface area contributed by atoms with E-state index in [0.717, 1.165) is 19.3 Å². The Bertz CT molecular complexity index is 590. The van der Waals surface area contributed by atoms with Crippen LogP contribution >= 0.6 is 11.8 Å². The average molecular weight is 451 g/mol. The maximum atomic E-state index is 11.4. The summed E-state index contributed by atoms with van der Waals surface area (Å²) in [6.07, 6.45) is 17.2. The van der Waals surface area contributed by atoms with Gasteiger partial charge in [-0.25, -0.2) is 0 Å². The highest BCUT2D eigenvalue weighted by atomic mass is 32.2. The van der Waals surface area contributed by atoms with Crippen LogP contribution in [0.2, 0.25) is 0 Å². The summed E-state index contributed by atoms with van der Waals surface area (Å²) in [5.41, 5.74) is 2.62. The Balaban J connectivity index is 2.43. The molecular formula is C27H46O3S. The molecular weight excluding hydrogens is 404 g/mol. The zero-order valence-corrected chi connectivity index (χ0v) is 21.1. The van der Waals surface area contributed by atoms with Crippen molar-refractivity contribution in [3.8, 4) is 0 Å². The van der Waals surface area contributed by atoms with Crippen LogP contribution in [-0.2, 0) is 22.4 Å². The van der Waals surface area contributed by atoms with Crippen LogP contribution < -0.4 is 0 Å². The van der Waals surface area contributed by atoms with Gasteiger partial charge in [0, 0.05) is 12.2 Å². The maximum absolute atomic E-state index is 11.4. The van der Waals surface area contributed by atoms with E-state index in [-0.39, 0.29) is 5.97 Å². The fraction of sp³-hybridized carbons (Fsp3) is 0.741. The molecule has 0 fully saturated rings. The van der Waals surface area contributed by atoms with Crippen LogP contribution in [-0.4, -0.2) is 28.9 Å². The summed E-state index contributed by atoms with van der Waals surface area (Å²) in [5, 5.41) is 11.2. The fourth-order valence-corrected chi connectivity index (χ4v) is 5.36. The van der Waals surface area contributed by atoms with Gasteiger partial charge in [-0.2, -0.15) is 0 Å². The van der Waals surface area contributed by atoms with Gasteiger partial charge in [-0.15, -0.1) is 11.8 Å². The third-order valence-corrected chi connectivity index (χ3v) is 7.22. The van der Waals surface area contributed by atoms with E-state index in [0.29, 0.717) is 18.6 Å². The summed E-state index contributed by atoms with van der Waals surface area (Å²) in [4.78, 5) is 10.6. The Hall–Kier alpha value is -1.00. The molecule has 0 aliphatic rings. The highest BCUT2D eigenvalue weighted by Crippen LogP contribution is 2.33. The smallest absolute Gasteiger partial charge is 0.306 e. The zero-order valence-electron chi connectivity index (χ0n) is 20.3. The van der Waals surface area contributed by atoms with Crippen LogP contribution in [0.15, 0.2) is 24.3 Å². The molecule has 1 rings (SSSR count). The molecule has 0 aromatic heterocycles. The molecule has 0 heterocycles. The lowest BCUT2D eigenvalue weighted by atomic mass is 9.95. The van der Waals surface area contributed by atoms with Crippen molar-refractivity contribution in [3.05, 3.63) is 35.4 Å². The van der Waals surface area contributed by atoms with Crippen LogP contribution in [0.25, 0.3) is 0 Å². The number of unbranched alkanes of at least 4 members (excludes halogenated alkanes) is 9. The Morgan fingerprint density at radius 2 is 1.48 bits per heavy atom. The minimum Gasteiger partial charge on any atom is -0.469 e. The number of aliphatic hydroxyl groups is 1. The van der Waals surface area contributed by atoms with Crippen LogP contribution in [0.1, 0.15) is 108 Å². The topological polar surface area (TPSA) is 46.5 Å². The SMILES string of the molecule is CCCCCCCCCCCCc1ccccc1C[C@@](O)(CCC)SCCC(=O)OC. The van der Waals surface area contributed by atoms with Gasteiger partial charge in [-0.05, 0) is 30.4 Å². The summed E-state index contributed by atoms with van der Waals surface area (Å²) in [6, 6.07) is 8.56. The highest BCUT2D eigenvalue weighted by molar-refractivity contribution is 8.00. The van der Waals surface area contributed by atoms with Gasteiger partial charge in [-0.3, -0.25) is 4.79 Å². The highest BCUT2D eigenvalue weighted by Gasteiger charge is 2.28. The molecule has 1 aromatic rings. The second-order valence-electron chi connectivity index (χ2n) is 8.75. The summed E-state index contributed by atoms with van der Waals surface area (Å²) in [5.74, 6) is 0.372. The number of esters is 1. The van der Waals surface area contributed by atoms with Gasteiger partial charge in [0.25, 0.3) is 0 Å². The molecule has 1 N–H and O–H groups in total. The first kappa shape index (κ1) is 28.0. The predicted molar refractivity (Wildman–Crippen MR) is 135 cm³/mol. The summed E-state index contributed by atoms with van der Waals surface area (Å²) < 4.78 is 4.73. The number of carbonyl (C=O) groups excluding carboxylic acids is 1. The van der Waals surface area contributed by atoms with Crippen LogP contribution in [0.3, 0.4) is 0 Å². The number of hydrogen-bond acceptors (Lipinski definition) is 4. The lowest BCUT2D eigenvalue weighted by Crippen LogP contribution is -2.28. The molecule has 31 heavy (non-hydrogen) atoms. The van der Waals surface area contributed by atoms with Gasteiger partial charge in [0.1, 0.15) is 4.93 Å². The molecule has 3 nitrogen and oxygen atoms in total. The Kier molecular flexibility index (Phi) is 15.9. The molecule has 178 valence electrons. The Morgan fingerprint density at radius 1 is 0.903 bits per heavy atom. The van der Waals surface area contributed by atoms with Crippen molar-refractivity contribution in [2.24, 2.45) is 0 Å². The molecule has 4 heteroatoms.